The fraction of sp³-hybridized carbons (Fsp3) is 0.267. The van der Waals surface area contributed by atoms with E-state index < -0.39 is 5.91 Å². The third-order valence-electron chi connectivity index (χ3n) is 3.25. The number of amides is 1. The highest BCUT2D eigenvalue weighted by atomic mass is 16.5. The van der Waals surface area contributed by atoms with Crippen LogP contribution in [0.25, 0.3) is 10.8 Å². The lowest BCUT2D eigenvalue weighted by Gasteiger charge is -2.17. The van der Waals surface area contributed by atoms with Crippen LogP contribution in [0.1, 0.15) is 10.4 Å². The molecule has 2 N–H and O–H groups in total. The molecule has 2 rings (SSSR count). The van der Waals surface area contributed by atoms with Gasteiger partial charge in [0.05, 0.1) is 44.8 Å². The van der Waals surface area contributed by atoms with Crippen molar-refractivity contribution < 1.29 is 23.7 Å². The van der Waals surface area contributed by atoms with Crippen molar-refractivity contribution >= 4 is 16.7 Å². The summed E-state index contributed by atoms with van der Waals surface area (Å²) in [5, 5.41) is 1.23. The van der Waals surface area contributed by atoms with Crippen molar-refractivity contribution in [3.05, 3.63) is 23.8 Å². The summed E-state index contributed by atoms with van der Waals surface area (Å²) < 4.78 is 21.5. The summed E-state index contributed by atoms with van der Waals surface area (Å²) in [7, 11) is 6.05. The Morgan fingerprint density at radius 2 is 1.38 bits per heavy atom. The maximum absolute atomic E-state index is 11.7. The highest BCUT2D eigenvalue weighted by molar-refractivity contribution is 6.09. The van der Waals surface area contributed by atoms with Crippen molar-refractivity contribution in [1.29, 1.82) is 0 Å². The van der Waals surface area contributed by atoms with E-state index in [0.29, 0.717) is 33.8 Å². The van der Waals surface area contributed by atoms with Crippen LogP contribution in [0.4, 0.5) is 0 Å². The lowest BCUT2D eigenvalue weighted by atomic mass is 10.0. The summed E-state index contributed by atoms with van der Waals surface area (Å²) in [6.45, 7) is 0. The monoisotopic (exact) mass is 291 g/mol. The minimum atomic E-state index is -0.614. The third-order valence-corrected chi connectivity index (χ3v) is 3.25. The SMILES string of the molecule is COc1ccc(OC)c2c(OC)c(C(N)=O)cc(OC)c12. The van der Waals surface area contributed by atoms with Gasteiger partial charge in [-0.25, -0.2) is 0 Å². The number of primary amides is 1. The van der Waals surface area contributed by atoms with E-state index in [1.54, 1.807) is 19.2 Å². The van der Waals surface area contributed by atoms with Gasteiger partial charge in [-0.15, -0.1) is 0 Å². The van der Waals surface area contributed by atoms with Crippen molar-refractivity contribution in [2.24, 2.45) is 5.73 Å². The molecule has 6 heteroatoms. The summed E-state index contributed by atoms with van der Waals surface area (Å²) in [5.74, 6) is 1.28. The first-order valence-corrected chi connectivity index (χ1v) is 6.18. The van der Waals surface area contributed by atoms with Gasteiger partial charge in [-0.2, -0.15) is 0 Å². The van der Waals surface area contributed by atoms with Crippen LogP contribution in [0.5, 0.6) is 23.0 Å². The minimum absolute atomic E-state index is 0.216. The molecular formula is C15H17NO5. The van der Waals surface area contributed by atoms with Gasteiger partial charge in [-0.1, -0.05) is 0 Å². The van der Waals surface area contributed by atoms with Crippen LogP contribution >= 0.6 is 0 Å². The van der Waals surface area contributed by atoms with Crippen molar-refractivity contribution in [1.82, 2.24) is 0 Å². The van der Waals surface area contributed by atoms with Gasteiger partial charge in [0.25, 0.3) is 5.91 Å². The van der Waals surface area contributed by atoms with Gasteiger partial charge < -0.3 is 24.7 Å². The van der Waals surface area contributed by atoms with Crippen LogP contribution in [-0.2, 0) is 0 Å². The first kappa shape index (κ1) is 14.8. The molecule has 0 saturated heterocycles. The van der Waals surface area contributed by atoms with Gasteiger partial charge in [0.15, 0.2) is 0 Å². The Bertz CT molecular complexity index is 696. The molecule has 0 fully saturated rings. The summed E-state index contributed by atoms with van der Waals surface area (Å²) in [6.07, 6.45) is 0. The predicted octanol–water partition coefficient (Wildman–Crippen LogP) is 1.97. The van der Waals surface area contributed by atoms with Crippen LogP contribution in [-0.4, -0.2) is 34.3 Å². The summed E-state index contributed by atoms with van der Waals surface area (Å²) in [6, 6.07) is 5.02. The second-order valence-electron chi connectivity index (χ2n) is 4.24. The molecule has 0 unspecified atom stereocenters. The molecule has 0 bridgehead atoms. The van der Waals surface area contributed by atoms with Gasteiger partial charge >= 0.3 is 0 Å². The fourth-order valence-corrected chi connectivity index (χ4v) is 2.33. The van der Waals surface area contributed by atoms with Crippen LogP contribution in [0.2, 0.25) is 0 Å². The Hall–Kier alpha value is -2.63. The van der Waals surface area contributed by atoms with Gasteiger partial charge in [0.2, 0.25) is 0 Å². The maximum Gasteiger partial charge on any atom is 0.252 e. The number of methoxy groups -OCH3 is 4. The van der Waals surface area contributed by atoms with E-state index in [1.807, 2.05) is 0 Å². The molecule has 1 amide bonds. The fourth-order valence-electron chi connectivity index (χ4n) is 2.33. The van der Waals surface area contributed by atoms with Crippen LogP contribution < -0.4 is 24.7 Å². The zero-order valence-electron chi connectivity index (χ0n) is 12.4. The molecule has 0 radical (unpaired) electrons. The molecule has 0 atom stereocenters. The molecule has 112 valence electrons. The number of hydrogen-bond acceptors (Lipinski definition) is 5. The average molecular weight is 291 g/mol. The van der Waals surface area contributed by atoms with E-state index in [4.69, 9.17) is 24.7 Å². The molecule has 2 aromatic carbocycles. The Labute approximate surface area is 122 Å². The zero-order valence-corrected chi connectivity index (χ0v) is 12.4. The lowest BCUT2D eigenvalue weighted by Crippen LogP contribution is -2.13. The van der Waals surface area contributed by atoms with Crippen molar-refractivity contribution in [3.8, 4) is 23.0 Å². The smallest absolute Gasteiger partial charge is 0.252 e. The summed E-state index contributed by atoms with van der Waals surface area (Å²) >= 11 is 0. The number of carbonyl (C=O) groups is 1. The van der Waals surface area contributed by atoms with Gasteiger partial charge in [-0.05, 0) is 18.2 Å². The van der Waals surface area contributed by atoms with E-state index in [1.165, 1.54) is 27.4 Å². The maximum atomic E-state index is 11.7. The molecule has 2 aromatic rings. The van der Waals surface area contributed by atoms with Gasteiger partial charge in [0, 0.05) is 0 Å². The largest absolute Gasteiger partial charge is 0.496 e. The second kappa shape index (κ2) is 5.78. The molecule has 0 aliphatic carbocycles. The lowest BCUT2D eigenvalue weighted by molar-refractivity contribution is 0.0997. The first-order valence-electron chi connectivity index (χ1n) is 6.18. The Kier molecular flexibility index (Phi) is 4.07. The molecular weight excluding hydrogens is 274 g/mol. The number of hydrogen-bond donors (Lipinski definition) is 1. The highest BCUT2D eigenvalue weighted by Gasteiger charge is 2.22. The van der Waals surface area contributed by atoms with E-state index in [-0.39, 0.29) is 5.56 Å². The average Bonchev–Trinajstić information content (AvgIpc) is 2.51. The number of nitrogens with two attached hydrogens (primary N) is 1. The van der Waals surface area contributed by atoms with E-state index in [9.17, 15) is 4.79 Å². The first-order chi connectivity index (χ1) is 10.1. The van der Waals surface area contributed by atoms with Crippen molar-refractivity contribution in [2.45, 2.75) is 0 Å². The predicted molar refractivity (Wildman–Crippen MR) is 78.7 cm³/mol. The molecule has 6 nitrogen and oxygen atoms in total. The molecule has 0 aromatic heterocycles. The van der Waals surface area contributed by atoms with Crippen LogP contribution in [0, 0.1) is 0 Å². The van der Waals surface area contributed by atoms with Gasteiger partial charge in [-0.3, -0.25) is 4.79 Å². The second-order valence-corrected chi connectivity index (χ2v) is 4.24. The van der Waals surface area contributed by atoms with E-state index >= 15 is 0 Å². The Balaban J connectivity index is 3.05. The highest BCUT2D eigenvalue weighted by Crippen LogP contribution is 2.46. The molecule has 0 spiro atoms. The summed E-state index contributed by atoms with van der Waals surface area (Å²) in [5.41, 5.74) is 5.64. The van der Waals surface area contributed by atoms with E-state index in [2.05, 4.69) is 0 Å². The number of ether oxygens (including phenoxy) is 4. The molecule has 0 aliphatic heterocycles. The van der Waals surface area contributed by atoms with Crippen LogP contribution in [0.3, 0.4) is 0 Å². The molecule has 0 saturated carbocycles. The third kappa shape index (κ3) is 2.29. The van der Waals surface area contributed by atoms with E-state index in [0.717, 1.165) is 0 Å². The normalized spacial score (nSPS) is 10.3. The zero-order chi connectivity index (χ0) is 15.6. The molecule has 0 aliphatic rings. The number of rotatable bonds is 5. The standard InChI is InChI=1S/C15H17NO5/c1-18-9-5-6-10(19-2)13-12(9)11(20-3)7-8(15(16)17)14(13)21-4/h5-7H,1-4H3,(H2,16,17). The molecule has 0 heterocycles. The van der Waals surface area contributed by atoms with Gasteiger partial charge in [0.1, 0.15) is 23.0 Å². The Morgan fingerprint density at radius 3 is 1.81 bits per heavy atom. The number of carbonyl (C=O) groups excluding carboxylic acids is 1. The quantitative estimate of drug-likeness (QED) is 0.911. The molecule has 21 heavy (non-hydrogen) atoms. The van der Waals surface area contributed by atoms with Crippen molar-refractivity contribution in [2.75, 3.05) is 28.4 Å². The summed E-state index contributed by atoms with van der Waals surface area (Å²) in [4.78, 5) is 11.7. The van der Waals surface area contributed by atoms with Crippen LogP contribution in [0.15, 0.2) is 18.2 Å². The topological polar surface area (TPSA) is 80.0 Å². The van der Waals surface area contributed by atoms with Crippen molar-refractivity contribution in [3.63, 3.8) is 0 Å². The number of fused-ring (bicyclic) bond motifs is 1. The minimum Gasteiger partial charge on any atom is -0.496 e. The Morgan fingerprint density at radius 1 is 0.857 bits per heavy atom. The number of benzene rings is 2.